The van der Waals surface area contributed by atoms with Crippen molar-refractivity contribution >= 4 is 40.6 Å². The zero-order valence-corrected chi connectivity index (χ0v) is 25.9. The maximum Gasteiger partial charge on any atom is 0.243 e. The Labute approximate surface area is 266 Å². The second kappa shape index (κ2) is 16.0. The van der Waals surface area contributed by atoms with E-state index >= 15 is 0 Å². The van der Waals surface area contributed by atoms with Crippen molar-refractivity contribution in [3.63, 3.8) is 0 Å². The topological polar surface area (TPSA) is 194 Å². The minimum absolute atomic E-state index is 0. The van der Waals surface area contributed by atoms with Crippen LogP contribution < -0.4 is 27.8 Å². The quantitative estimate of drug-likeness (QED) is 0.164. The predicted octanol–water partition coefficient (Wildman–Crippen LogP) is 0.708. The van der Waals surface area contributed by atoms with Crippen LogP contribution in [0.15, 0.2) is 84.9 Å². The predicted molar refractivity (Wildman–Crippen MR) is 172 cm³/mol. The molecule has 0 unspecified atom stereocenters. The van der Waals surface area contributed by atoms with Gasteiger partial charge in [0.05, 0.1) is 6.04 Å². The van der Waals surface area contributed by atoms with E-state index in [1.54, 1.807) is 12.1 Å². The molecule has 5 atom stereocenters. The molecule has 1 aliphatic rings. The number of amides is 4. The molecule has 1 heterocycles. The number of phenolic OH excluding ortho intramolecular Hbond substituents is 1. The van der Waals surface area contributed by atoms with Crippen LogP contribution >= 0.6 is 17.0 Å². The summed E-state index contributed by atoms with van der Waals surface area (Å²) in [7, 11) is 0. The van der Waals surface area contributed by atoms with Crippen LogP contribution in [0.25, 0.3) is 0 Å². The summed E-state index contributed by atoms with van der Waals surface area (Å²) in [5, 5.41) is 15.0. The second-order valence-electron chi connectivity index (χ2n) is 10.9. The van der Waals surface area contributed by atoms with Crippen LogP contribution in [-0.2, 0) is 38.4 Å². The SMILES string of the molecule is Br.NC(=O)[C@@H](Cc1ccccc1)NC(=O)[C@@H](Cc1ccccc1)NC(=O)[C@@H]1C[C@H](N)CN1C(=O)[C@@H](N)Cc1ccc(O)cc1. The van der Waals surface area contributed by atoms with Gasteiger partial charge in [-0.05, 0) is 41.7 Å². The van der Waals surface area contributed by atoms with Crippen molar-refractivity contribution in [3.8, 4) is 5.75 Å². The summed E-state index contributed by atoms with van der Waals surface area (Å²) >= 11 is 0. The molecule has 1 saturated heterocycles. The standard InChI is InChI=1S/C32H38N6O5.BrH/c33-23-18-28(38(19-23)32(43)25(34)15-22-11-13-24(39)14-12-22)31(42)37-27(17-21-9-5-2-6-10-21)30(41)36-26(29(35)40)16-20-7-3-1-4-8-20;/h1-14,23,25-28,39H,15-19,33-34H2,(H2,35,40)(H,36,41)(H,37,42);1H/t23-,25-,26+,27+,28-;/m0./s1. The fourth-order valence-electron chi connectivity index (χ4n) is 5.22. The van der Waals surface area contributed by atoms with Crippen LogP contribution in [0.2, 0.25) is 0 Å². The number of carbonyl (C=O) groups is 4. The molecule has 234 valence electrons. The Morgan fingerprint density at radius 1 is 0.795 bits per heavy atom. The minimum Gasteiger partial charge on any atom is -0.508 e. The molecule has 44 heavy (non-hydrogen) atoms. The van der Waals surface area contributed by atoms with Crippen molar-refractivity contribution in [2.45, 2.75) is 55.9 Å². The van der Waals surface area contributed by atoms with Crippen LogP contribution in [0.4, 0.5) is 0 Å². The van der Waals surface area contributed by atoms with Gasteiger partial charge in [-0.15, -0.1) is 17.0 Å². The maximum atomic E-state index is 13.6. The number of hydrogen-bond donors (Lipinski definition) is 6. The highest BCUT2D eigenvalue weighted by molar-refractivity contribution is 8.93. The van der Waals surface area contributed by atoms with E-state index in [9.17, 15) is 24.3 Å². The number of phenols is 1. The van der Waals surface area contributed by atoms with Crippen LogP contribution in [0.1, 0.15) is 23.1 Å². The van der Waals surface area contributed by atoms with E-state index in [1.165, 1.54) is 17.0 Å². The van der Waals surface area contributed by atoms with Crippen molar-refractivity contribution in [3.05, 3.63) is 102 Å². The lowest BCUT2D eigenvalue weighted by atomic mass is 10.0. The van der Waals surface area contributed by atoms with E-state index in [-0.39, 0.29) is 55.0 Å². The van der Waals surface area contributed by atoms with Crippen molar-refractivity contribution < 1.29 is 24.3 Å². The Hall–Kier alpha value is -4.26. The number of benzene rings is 3. The lowest BCUT2D eigenvalue weighted by Gasteiger charge is -2.29. The van der Waals surface area contributed by atoms with E-state index in [1.807, 2.05) is 60.7 Å². The Bertz CT molecular complexity index is 1410. The van der Waals surface area contributed by atoms with Crippen LogP contribution in [0.3, 0.4) is 0 Å². The first-order valence-corrected chi connectivity index (χ1v) is 14.2. The molecule has 12 heteroatoms. The fraction of sp³-hybridized carbons (Fsp3) is 0.312. The number of primary amides is 1. The first kappa shape index (κ1) is 34.2. The highest BCUT2D eigenvalue weighted by Gasteiger charge is 2.41. The number of likely N-dealkylation sites (tertiary alicyclic amines) is 1. The first-order chi connectivity index (χ1) is 20.6. The molecule has 0 aromatic heterocycles. The number of carbonyl (C=O) groups excluding carboxylic acids is 4. The molecule has 0 aliphatic carbocycles. The van der Waals surface area contributed by atoms with Gasteiger partial charge in [-0.2, -0.15) is 0 Å². The van der Waals surface area contributed by atoms with Gasteiger partial charge in [0.25, 0.3) is 0 Å². The lowest BCUT2D eigenvalue weighted by Crippen LogP contribution is -2.58. The number of aromatic hydroxyl groups is 1. The van der Waals surface area contributed by atoms with Gasteiger partial charge in [0.2, 0.25) is 23.6 Å². The zero-order chi connectivity index (χ0) is 30.9. The van der Waals surface area contributed by atoms with Crippen molar-refractivity contribution in [2.75, 3.05) is 6.54 Å². The van der Waals surface area contributed by atoms with E-state index in [0.29, 0.717) is 0 Å². The molecule has 0 radical (unpaired) electrons. The maximum absolute atomic E-state index is 13.6. The van der Waals surface area contributed by atoms with Gasteiger partial charge in [0.1, 0.15) is 23.9 Å². The lowest BCUT2D eigenvalue weighted by molar-refractivity contribution is -0.140. The van der Waals surface area contributed by atoms with Crippen molar-refractivity contribution in [1.29, 1.82) is 0 Å². The second-order valence-corrected chi connectivity index (χ2v) is 10.9. The average molecular weight is 668 g/mol. The Morgan fingerprint density at radius 2 is 1.32 bits per heavy atom. The van der Waals surface area contributed by atoms with Gasteiger partial charge < -0.3 is 37.8 Å². The van der Waals surface area contributed by atoms with Crippen LogP contribution in [-0.4, -0.2) is 70.4 Å². The fourth-order valence-corrected chi connectivity index (χ4v) is 5.22. The summed E-state index contributed by atoms with van der Waals surface area (Å²) < 4.78 is 0. The normalized spacial score (nSPS) is 17.9. The third kappa shape index (κ3) is 9.37. The number of halogens is 1. The molecule has 4 rings (SSSR count). The smallest absolute Gasteiger partial charge is 0.243 e. The molecule has 9 N–H and O–H groups in total. The molecule has 1 aliphatic heterocycles. The van der Waals surface area contributed by atoms with E-state index < -0.39 is 53.8 Å². The van der Waals surface area contributed by atoms with E-state index in [0.717, 1.165) is 16.7 Å². The van der Waals surface area contributed by atoms with E-state index in [2.05, 4.69) is 10.6 Å². The van der Waals surface area contributed by atoms with Gasteiger partial charge in [0, 0.05) is 25.4 Å². The van der Waals surface area contributed by atoms with Crippen molar-refractivity contribution in [1.82, 2.24) is 15.5 Å². The molecule has 3 aromatic carbocycles. The molecule has 0 spiro atoms. The molecule has 4 amide bonds. The molecule has 1 fully saturated rings. The Balaban J connectivity index is 0.00000529. The number of nitrogens with two attached hydrogens (primary N) is 3. The summed E-state index contributed by atoms with van der Waals surface area (Å²) in [4.78, 5) is 54.2. The van der Waals surface area contributed by atoms with Gasteiger partial charge in [-0.3, -0.25) is 19.2 Å². The average Bonchev–Trinajstić information content (AvgIpc) is 3.39. The summed E-state index contributed by atoms with van der Waals surface area (Å²) in [5.41, 5.74) is 20.4. The third-order valence-electron chi connectivity index (χ3n) is 7.49. The molecule has 11 nitrogen and oxygen atoms in total. The van der Waals surface area contributed by atoms with Gasteiger partial charge in [-0.25, -0.2) is 0 Å². The highest BCUT2D eigenvalue weighted by Crippen LogP contribution is 2.20. The molecule has 3 aromatic rings. The number of hydrogen-bond acceptors (Lipinski definition) is 7. The largest absolute Gasteiger partial charge is 0.508 e. The summed E-state index contributed by atoms with van der Waals surface area (Å²) in [6.45, 7) is 0.135. The zero-order valence-electron chi connectivity index (χ0n) is 24.2. The number of nitrogens with one attached hydrogen (secondary N) is 2. The summed E-state index contributed by atoms with van der Waals surface area (Å²) in [6.07, 6.45) is 0.726. The van der Waals surface area contributed by atoms with Gasteiger partial charge in [-0.1, -0.05) is 72.8 Å². The Morgan fingerprint density at radius 3 is 1.86 bits per heavy atom. The number of rotatable bonds is 12. The van der Waals surface area contributed by atoms with Gasteiger partial charge in [0.15, 0.2) is 0 Å². The molecule has 0 bridgehead atoms. The third-order valence-corrected chi connectivity index (χ3v) is 7.49. The summed E-state index contributed by atoms with van der Waals surface area (Å²) in [5.74, 6) is -2.18. The molecular weight excluding hydrogens is 628 g/mol. The van der Waals surface area contributed by atoms with Gasteiger partial charge >= 0.3 is 0 Å². The minimum atomic E-state index is -1.06. The monoisotopic (exact) mass is 666 g/mol. The molecular formula is C32H39BrN6O5. The molecule has 0 saturated carbocycles. The Kier molecular flexibility index (Phi) is 12.4. The van der Waals surface area contributed by atoms with Crippen molar-refractivity contribution in [2.24, 2.45) is 17.2 Å². The van der Waals surface area contributed by atoms with E-state index in [4.69, 9.17) is 17.2 Å². The first-order valence-electron chi connectivity index (χ1n) is 14.2. The number of nitrogens with zero attached hydrogens (tertiary/aromatic N) is 1. The van der Waals surface area contributed by atoms with Crippen LogP contribution in [0, 0.1) is 0 Å². The highest BCUT2D eigenvalue weighted by atomic mass is 79.9. The van der Waals surface area contributed by atoms with Crippen LogP contribution in [0.5, 0.6) is 5.75 Å². The summed E-state index contributed by atoms with van der Waals surface area (Å²) in [6, 6.07) is 20.2.